The number of rotatable bonds is 3. The number of halogens is 4. The van der Waals surface area contributed by atoms with Crippen molar-refractivity contribution in [3.63, 3.8) is 0 Å². The van der Waals surface area contributed by atoms with Crippen LogP contribution in [0.5, 0.6) is 5.75 Å². The molecule has 0 aliphatic rings. The maximum Gasteiger partial charge on any atom is 0.419 e. The maximum atomic E-state index is 13.8. The number of alkyl halides is 3. The molecule has 1 aromatic carbocycles. The predicted octanol–water partition coefficient (Wildman–Crippen LogP) is 2.82. The van der Waals surface area contributed by atoms with Gasteiger partial charge in [-0.05, 0) is 19.1 Å². The minimum absolute atomic E-state index is 0.0279. The standard InChI is InChI=1S/C13H12F4N4O/c1-7-6-21(12(18)20-7)19-5-8-10(14)4-3-9(11(8)22-2)13(15,16)17/h3-6H,1-2H3,(H2,18,20). The summed E-state index contributed by atoms with van der Waals surface area (Å²) in [6.07, 6.45) is -2.32. The molecule has 2 rings (SSSR count). The fourth-order valence-corrected chi connectivity index (χ4v) is 1.86. The molecule has 1 heterocycles. The Labute approximate surface area is 123 Å². The Morgan fingerprint density at radius 1 is 1.36 bits per heavy atom. The molecule has 0 aliphatic heterocycles. The molecule has 0 amide bonds. The van der Waals surface area contributed by atoms with E-state index in [0.717, 1.165) is 18.0 Å². The molecule has 2 N–H and O–H groups in total. The van der Waals surface area contributed by atoms with E-state index in [2.05, 4.69) is 10.1 Å². The van der Waals surface area contributed by atoms with Gasteiger partial charge >= 0.3 is 6.18 Å². The first-order valence-electron chi connectivity index (χ1n) is 6.03. The van der Waals surface area contributed by atoms with Crippen LogP contribution in [0.2, 0.25) is 0 Å². The second-order valence-corrected chi connectivity index (χ2v) is 4.37. The number of hydrogen-bond donors (Lipinski definition) is 1. The topological polar surface area (TPSA) is 65.4 Å². The number of ether oxygens (including phenoxy) is 1. The van der Waals surface area contributed by atoms with Crippen molar-refractivity contribution in [1.82, 2.24) is 9.66 Å². The van der Waals surface area contributed by atoms with Crippen LogP contribution in [0.15, 0.2) is 23.4 Å². The van der Waals surface area contributed by atoms with Crippen molar-refractivity contribution < 1.29 is 22.3 Å². The molecule has 0 fully saturated rings. The Morgan fingerprint density at radius 2 is 2.05 bits per heavy atom. The van der Waals surface area contributed by atoms with E-state index in [1.165, 1.54) is 6.20 Å². The summed E-state index contributed by atoms with van der Waals surface area (Å²) < 4.78 is 58.3. The number of nitrogen functional groups attached to an aromatic ring is 1. The van der Waals surface area contributed by atoms with E-state index in [-0.39, 0.29) is 5.95 Å². The van der Waals surface area contributed by atoms with Crippen molar-refractivity contribution in [2.24, 2.45) is 5.10 Å². The summed E-state index contributed by atoms with van der Waals surface area (Å²) >= 11 is 0. The van der Waals surface area contributed by atoms with E-state index in [1.54, 1.807) is 6.92 Å². The normalized spacial score (nSPS) is 12.1. The average Bonchev–Trinajstić information content (AvgIpc) is 2.73. The van der Waals surface area contributed by atoms with Gasteiger partial charge in [0.2, 0.25) is 5.95 Å². The van der Waals surface area contributed by atoms with Crippen LogP contribution in [0, 0.1) is 12.7 Å². The number of benzene rings is 1. The van der Waals surface area contributed by atoms with E-state index < -0.39 is 28.9 Å². The van der Waals surface area contributed by atoms with Gasteiger partial charge in [0.15, 0.2) is 0 Å². The summed E-state index contributed by atoms with van der Waals surface area (Å²) in [6.45, 7) is 1.66. The van der Waals surface area contributed by atoms with Crippen LogP contribution in [-0.4, -0.2) is 23.0 Å². The molecule has 0 aliphatic carbocycles. The van der Waals surface area contributed by atoms with Crippen molar-refractivity contribution in [1.29, 1.82) is 0 Å². The van der Waals surface area contributed by atoms with E-state index in [0.29, 0.717) is 17.8 Å². The first-order valence-corrected chi connectivity index (χ1v) is 6.03. The summed E-state index contributed by atoms with van der Waals surface area (Å²) in [5.74, 6) is -1.52. The molecule has 0 atom stereocenters. The largest absolute Gasteiger partial charge is 0.495 e. The minimum atomic E-state index is -4.67. The summed E-state index contributed by atoms with van der Waals surface area (Å²) in [5.41, 5.74) is 4.59. The summed E-state index contributed by atoms with van der Waals surface area (Å²) in [4.78, 5) is 3.87. The number of aromatic nitrogens is 2. The lowest BCUT2D eigenvalue weighted by Crippen LogP contribution is -2.10. The highest BCUT2D eigenvalue weighted by Crippen LogP contribution is 2.38. The third-order valence-corrected chi connectivity index (χ3v) is 2.80. The van der Waals surface area contributed by atoms with Crippen molar-refractivity contribution in [3.8, 4) is 5.75 Å². The summed E-state index contributed by atoms with van der Waals surface area (Å²) in [7, 11) is 1.02. The molecule has 0 bridgehead atoms. The van der Waals surface area contributed by atoms with Crippen LogP contribution in [-0.2, 0) is 6.18 Å². The summed E-state index contributed by atoms with van der Waals surface area (Å²) in [5, 5.41) is 3.81. The molecule has 5 nitrogen and oxygen atoms in total. The Kier molecular flexibility index (Phi) is 4.07. The smallest absolute Gasteiger partial charge is 0.419 e. The molecule has 118 valence electrons. The quantitative estimate of drug-likeness (QED) is 0.699. The van der Waals surface area contributed by atoms with Crippen LogP contribution in [0.3, 0.4) is 0 Å². The maximum absolute atomic E-state index is 13.8. The van der Waals surface area contributed by atoms with Gasteiger partial charge in [-0.2, -0.15) is 18.3 Å². The molecular weight excluding hydrogens is 304 g/mol. The van der Waals surface area contributed by atoms with Crippen LogP contribution in [0.4, 0.5) is 23.5 Å². The van der Waals surface area contributed by atoms with Crippen LogP contribution < -0.4 is 10.5 Å². The number of methoxy groups -OCH3 is 1. The molecule has 22 heavy (non-hydrogen) atoms. The van der Waals surface area contributed by atoms with Crippen LogP contribution in [0.1, 0.15) is 16.8 Å². The van der Waals surface area contributed by atoms with Gasteiger partial charge in [0, 0.05) is 0 Å². The van der Waals surface area contributed by atoms with Gasteiger partial charge in [-0.3, -0.25) is 0 Å². The zero-order valence-corrected chi connectivity index (χ0v) is 11.6. The Hall–Kier alpha value is -2.58. The molecular formula is C13H12F4N4O. The fraction of sp³-hybridized carbons (Fsp3) is 0.231. The van der Waals surface area contributed by atoms with Crippen molar-refractivity contribution >= 4 is 12.2 Å². The van der Waals surface area contributed by atoms with Gasteiger partial charge < -0.3 is 10.5 Å². The third kappa shape index (κ3) is 3.02. The van der Waals surface area contributed by atoms with Crippen molar-refractivity contribution in [2.45, 2.75) is 13.1 Å². The molecule has 0 saturated heterocycles. The lowest BCUT2D eigenvalue weighted by molar-refractivity contribution is -0.138. The zero-order chi connectivity index (χ0) is 16.5. The van der Waals surface area contributed by atoms with Gasteiger partial charge in [0.25, 0.3) is 0 Å². The highest BCUT2D eigenvalue weighted by atomic mass is 19.4. The number of nitrogens with zero attached hydrogens (tertiary/aromatic N) is 3. The molecule has 9 heteroatoms. The van der Waals surface area contributed by atoms with E-state index in [1.807, 2.05) is 0 Å². The number of nitrogens with two attached hydrogens (primary N) is 1. The highest BCUT2D eigenvalue weighted by molar-refractivity contribution is 5.85. The highest BCUT2D eigenvalue weighted by Gasteiger charge is 2.36. The summed E-state index contributed by atoms with van der Waals surface area (Å²) in [6, 6.07) is 1.32. The second-order valence-electron chi connectivity index (χ2n) is 4.37. The minimum Gasteiger partial charge on any atom is -0.495 e. The number of imidazole rings is 1. The van der Waals surface area contributed by atoms with Crippen molar-refractivity contribution in [2.75, 3.05) is 12.8 Å². The zero-order valence-electron chi connectivity index (χ0n) is 11.6. The Morgan fingerprint density at radius 3 is 2.55 bits per heavy atom. The molecule has 0 unspecified atom stereocenters. The fourth-order valence-electron chi connectivity index (χ4n) is 1.86. The monoisotopic (exact) mass is 316 g/mol. The van der Waals surface area contributed by atoms with E-state index >= 15 is 0 Å². The lowest BCUT2D eigenvalue weighted by Gasteiger charge is -2.14. The molecule has 0 saturated carbocycles. The first kappa shape index (κ1) is 15.8. The Bertz CT molecular complexity index is 722. The average molecular weight is 316 g/mol. The number of anilines is 1. The predicted molar refractivity (Wildman–Crippen MR) is 72.3 cm³/mol. The van der Waals surface area contributed by atoms with E-state index in [9.17, 15) is 17.6 Å². The second kappa shape index (κ2) is 5.66. The number of aryl methyl sites for hydroxylation is 1. The molecule has 0 radical (unpaired) electrons. The van der Waals surface area contributed by atoms with Gasteiger partial charge in [-0.15, -0.1) is 0 Å². The molecule has 0 spiro atoms. The molecule has 1 aromatic heterocycles. The first-order chi connectivity index (χ1) is 10.2. The van der Waals surface area contributed by atoms with Crippen LogP contribution >= 0.6 is 0 Å². The van der Waals surface area contributed by atoms with Gasteiger partial charge in [0.1, 0.15) is 11.6 Å². The molecule has 2 aromatic rings. The third-order valence-electron chi connectivity index (χ3n) is 2.80. The number of hydrogen-bond acceptors (Lipinski definition) is 4. The van der Waals surface area contributed by atoms with Gasteiger partial charge in [0.05, 0.1) is 36.3 Å². The van der Waals surface area contributed by atoms with Crippen LogP contribution in [0.25, 0.3) is 0 Å². The van der Waals surface area contributed by atoms with Gasteiger partial charge in [-0.25, -0.2) is 14.1 Å². The van der Waals surface area contributed by atoms with E-state index in [4.69, 9.17) is 10.5 Å². The lowest BCUT2D eigenvalue weighted by atomic mass is 10.1. The Balaban J connectivity index is 2.52. The SMILES string of the molecule is COc1c(C(F)(F)F)ccc(F)c1C=Nn1cc(C)nc1N. The van der Waals surface area contributed by atoms with Crippen molar-refractivity contribution in [3.05, 3.63) is 41.0 Å². The van der Waals surface area contributed by atoms with Gasteiger partial charge in [-0.1, -0.05) is 0 Å².